The predicted octanol–water partition coefficient (Wildman–Crippen LogP) is 4.80. The maximum atomic E-state index is 13.5. The van der Waals surface area contributed by atoms with Crippen LogP contribution in [-0.4, -0.2) is 42.3 Å². The molecule has 1 saturated carbocycles. The summed E-state index contributed by atoms with van der Waals surface area (Å²) in [6.07, 6.45) is 6.06. The molecule has 1 aliphatic rings. The van der Waals surface area contributed by atoms with Gasteiger partial charge in [-0.2, -0.15) is 0 Å². The van der Waals surface area contributed by atoms with Crippen LogP contribution in [0.2, 0.25) is 0 Å². The first kappa shape index (κ1) is 24.1. The molecule has 2 aromatic carbocycles. The number of amides is 2. The topological polar surface area (TPSA) is 58.6 Å². The Morgan fingerprint density at radius 1 is 1.06 bits per heavy atom. The molecule has 1 atom stereocenters. The van der Waals surface area contributed by atoms with Gasteiger partial charge < -0.3 is 15.0 Å². The lowest BCUT2D eigenvalue weighted by atomic mass is 9.94. The molecule has 2 amide bonds. The summed E-state index contributed by atoms with van der Waals surface area (Å²) < 4.78 is 5.27. The van der Waals surface area contributed by atoms with Crippen molar-refractivity contribution in [3.8, 4) is 5.75 Å². The van der Waals surface area contributed by atoms with Crippen molar-refractivity contribution in [1.29, 1.82) is 0 Å². The van der Waals surface area contributed by atoms with Gasteiger partial charge in [-0.3, -0.25) is 9.59 Å². The fraction of sp³-hybridized carbons (Fsp3) is 0.462. The Kier molecular flexibility index (Phi) is 8.98. The number of carbonyl (C=O) groups is 2. The average Bonchev–Trinajstić information content (AvgIpc) is 2.83. The van der Waals surface area contributed by atoms with E-state index in [-0.39, 0.29) is 23.7 Å². The van der Waals surface area contributed by atoms with E-state index in [9.17, 15) is 9.59 Å². The Hall–Kier alpha value is -2.53. The van der Waals surface area contributed by atoms with Crippen molar-refractivity contribution in [2.75, 3.05) is 19.5 Å². The second kappa shape index (κ2) is 11.9. The highest BCUT2D eigenvalue weighted by Gasteiger charge is 2.32. The van der Waals surface area contributed by atoms with Crippen LogP contribution >= 0.6 is 11.6 Å². The van der Waals surface area contributed by atoms with Crippen molar-refractivity contribution in [3.05, 3.63) is 65.2 Å². The van der Waals surface area contributed by atoms with Crippen molar-refractivity contribution in [2.24, 2.45) is 0 Å². The first-order valence-corrected chi connectivity index (χ1v) is 11.9. The molecule has 2 aromatic rings. The number of aryl methyl sites for hydroxylation is 1. The molecule has 6 heteroatoms. The number of nitrogens with zero attached hydrogens (tertiary/aromatic N) is 1. The highest BCUT2D eigenvalue weighted by atomic mass is 35.5. The summed E-state index contributed by atoms with van der Waals surface area (Å²) in [7, 11) is 1.60. The number of methoxy groups -OCH3 is 1. The van der Waals surface area contributed by atoms with Gasteiger partial charge in [-0.15, -0.1) is 11.6 Å². The number of rotatable bonds is 9. The second-order valence-corrected chi connectivity index (χ2v) is 8.74. The molecule has 1 unspecified atom stereocenters. The SMILES string of the molecule is COc1ccc(C(C(=O)NC2CCCCC2)N(CCc2ccc(C)cc2)C(=O)CCl)cc1. The fourth-order valence-electron chi connectivity index (χ4n) is 4.26. The van der Waals surface area contributed by atoms with Crippen LogP contribution in [-0.2, 0) is 16.0 Å². The summed E-state index contributed by atoms with van der Waals surface area (Å²) in [5.74, 6) is 0.134. The summed E-state index contributed by atoms with van der Waals surface area (Å²) in [6, 6.07) is 15.0. The first-order chi connectivity index (χ1) is 15.5. The van der Waals surface area contributed by atoms with Crippen molar-refractivity contribution < 1.29 is 14.3 Å². The maximum Gasteiger partial charge on any atom is 0.247 e. The van der Waals surface area contributed by atoms with Crippen LogP contribution in [0.3, 0.4) is 0 Å². The van der Waals surface area contributed by atoms with Crippen LogP contribution in [0.4, 0.5) is 0 Å². The molecule has 32 heavy (non-hydrogen) atoms. The highest BCUT2D eigenvalue weighted by molar-refractivity contribution is 6.27. The predicted molar refractivity (Wildman–Crippen MR) is 128 cm³/mol. The van der Waals surface area contributed by atoms with Crippen molar-refractivity contribution in [3.63, 3.8) is 0 Å². The molecule has 0 aromatic heterocycles. The zero-order valence-corrected chi connectivity index (χ0v) is 19.7. The van der Waals surface area contributed by atoms with Gasteiger partial charge in [-0.05, 0) is 49.4 Å². The van der Waals surface area contributed by atoms with Crippen LogP contribution in [0.1, 0.15) is 54.8 Å². The van der Waals surface area contributed by atoms with E-state index >= 15 is 0 Å². The third kappa shape index (κ3) is 6.49. The number of nitrogens with one attached hydrogen (secondary N) is 1. The number of carbonyl (C=O) groups excluding carboxylic acids is 2. The smallest absolute Gasteiger partial charge is 0.247 e. The van der Waals surface area contributed by atoms with Gasteiger partial charge in [0.2, 0.25) is 11.8 Å². The van der Waals surface area contributed by atoms with Gasteiger partial charge in [0.1, 0.15) is 17.7 Å². The van der Waals surface area contributed by atoms with E-state index in [4.69, 9.17) is 16.3 Å². The van der Waals surface area contributed by atoms with E-state index in [1.165, 1.54) is 12.0 Å². The van der Waals surface area contributed by atoms with Gasteiger partial charge in [-0.1, -0.05) is 61.2 Å². The molecule has 1 fully saturated rings. The lowest BCUT2D eigenvalue weighted by Crippen LogP contribution is -2.48. The molecule has 0 heterocycles. The molecule has 0 aliphatic heterocycles. The van der Waals surface area contributed by atoms with Gasteiger partial charge in [0, 0.05) is 12.6 Å². The minimum atomic E-state index is -0.737. The van der Waals surface area contributed by atoms with Crippen molar-refractivity contribution in [2.45, 2.75) is 57.5 Å². The summed E-state index contributed by atoms with van der Waals surface area (Å²) in [4.78, 5) is 28.0. The van der Waals surface area contributed by atoms with E-state index in [0.717, 1.165) is 36.8 Å². The molecule has 1 N–H and O–H groups in total. The normalized spacial score (nSPS) is 15.1. The molecular weight excluding hydrogens is 424 g/mol. The lowest BCUT2D eigenvalue weighted by molar-refractivity contribution is -0.139. The summed E-state index contributed by atoms with van der Waals surface area (Å²) in [5.41, 5.74) is 3.05. The minimum Gasteiger partial charge on any atom is -0.497 e. The summed E-state index contributed by atoms with van der Waals surface area (Å²) in [6.45, 7) is 2.45. The van der Waals surface area contributed by atoms with Gasteiger partial charge in [0.25, 0.3) is 0 Å². The Morgan fingerprint density at radius 3 is 2.31 bits per heavy atom. The largest absolute Gasteiger partial charge is 0.497 e. The molecule has 172 valence electrons. The number of ether oxygens (including phenoxy) is 1. The molecule has 5 nitrogen and oxygen atoms in total. The number of alkyl halides is 1. The van der Waals surface area contributed by atoms with Gasteiger partial charge >= 0.3 is 0 Å². The van der Waals surface area contributed by atoms with Crippen LogP contribution in [0.5, 0.6) is 5.75 Å². The standard InChI is InChI=1S/C26H33ClN2O3/c1-19-8-10-20(11-9-19)16-17-29(24(30)18-27)25(21-12-14-23(32-2)15-13-21)26(31)28-22-6-4-3-5-7-22/h8-15,22,25H,3-7,16-18H2,1-2H3,(H,28,31). The van der Waals surface area contributed by atoms with E-state index in [2.05, 4.69) is 29.6 Å². The lowest BCUT2D eigenvalue weighted by Gasteiger charge is -2.33. The monoisotopic (exact) mass is 456 g/mol. The van der Waals surface area contributed by atoms with Crippen LogP contribution < -0.4 is 10.1 Å². The molecule has 0 radical (unpaired) electrons. The van der Waals surface area contributed by atoms with Gasteiger partial charge in [0.05, 0.1) is 7.11 Å². The van der Waals surface area contributed by atoms with Gasteiger partial charge in [-0.25, -0.2) is 0 Å². The Balaban J connectivity index is 1.87. The summed E-state index contributed by atoms with van der Waals surface area (Å²) >= 11 is 5.98. The quantitative estimate of drug-likeness (QED) is 0.551. The third-order valence-electron chi connectivity index (χ3n) is 6.14. The second-order valence-electron chi connectivity index (χ2n) is 8.48. The first-order valence-electron chi connectivity index (χ1n) is 11.4. The summed E-state index contributed by atoms with van der Waals surface area (Å²) in [5, 5.41) is 3.20. The molecule has 3 rings (SSSR count). The molecule has 1 aliphatic carbocycles. The number of hydrogen-bond donors (Lipinski definition) is 1. The molecule has 0 spiro atoms. The highest BCUT2D eigenvalue weighted by Crippen LogP contribution is 2.26. The van der Waals surface area contributed by atoms with E-state index in [0.29, 0.717) is 18.7 Å². The number of hydrogen-bond acceptors (Lipinski definition) is 3. The third-order valence-corrected chi connectivity index (χ3v) is 6.37. The number of benzene rings is 2. The van der Waals surface area contributed by atoms with E-state index in [1.54, 1.807) is 12.0 Å². The number of halogens is 1. The van der Waals surface area contributed by atoms with E-state index < -0.39 is 6.04 Å². The van der Waals surface area contributed by atoms with Crippen LogP contribution in [0.25, 0.3) is 0 Å². The molecule has 0 saturated heterocycles. The van der Waals surface area contributed by atoms with Crippen LogP contribution in [0, 0.1) is 6.92 Å². The maximum absolute atomic E-state index is 13.5. The Bertz CT molecular complexity index is 877. The van der Waals surface area contributed by atoms with Gasteiger partial charge in [0.15, 0.2) is 0 Å². The Morgan fingerprint density at radius 2 is 1.72 bits per heavy atom. The molecular formula is C26H33ClN2O3. The fourth-order valence-corrected chi connectivity index (χ4v) is 4.42. The van der Waals surface area contributed by atoms with E-state index in [1.807, 2.05) is 31.2 Å². The Labute approximate surface area is 196 Å². The van der Waals surface area contributed by atoms with Crippen molar-refractivity contribution >= 4 is 23.4 Å². The zero-order chi connectivity index (χ0) is 22.9. The zero-order valence-electron chi connectivity index (χ0n) is 19.0. The van der Waals surface area contributed by atoms with Crippen molar-refractivity contribution in [1.82, 2.24) is 10.2 Å². The average molecular weight is 457 g/mol. The van der Waals surface area contributed by atoms with Crippen LogP contribution in [0.15, 0.2) is 48.5 Å². The molecule has 0 bridgehead atoms. The minimum absolute atomic E-state index is 0.149.